The van der Waals surface area contributed by atoms with E-state index in [2.05, 4.69) is 16.0 Å². The molecule has 0 aromatic heterocycles. The second-order valence-electron chi connectivity index (χ2n) is 7.98. The quantitative estimate of drug-likeness (QED) is 0.413. The molecule has 2 aromatic rings. The lowest BCUT2D eigenvalue weighted by Gasteiger charge is -2.32. The third-order valence-corrected chi connectivity index (χ3v) is 5.42. The molecule has 0 saturated carbocycles. The van der Waals surface area contributed by atoms with Crippen LogP contribution in [0, 0.1) is 10.1 Å². The predicted octanol–water partition coefficient (Wildman–Crippen LogP) is 1.93. The first-order valence-corrected chi connectivity index (χ1v) is 10.7. The normalized spacial score (nSPS) is 15.3. The van der Waals surface area contributed by atoms with Gasteiger partial charge in [0.15, 0.2) is 0 Å². The Labute approximate surface area is 191 Å². The number of amides is 3. The van der Waals surface area contributed by atoms with Crippen molar-refractivity contribution >= 4 is 29.1 Å². The first kappa shape index (κ1) is 23.9. The summed E-state index contributed by atoms with van der Waals surface area (Å²) < 4.78 is 0. The molecule has 0 bridgehead atoms. The minimum Gasteiger partial charge on any atom is -0.351 e. The first-order chi connectivity index (χ1) is 15.8. The summed E-state index contributed by atoms with van der Waals surface area (Å²) in [4.78, 5) is 49.4. The van der Waals surface area contributed by atoms with Crippen molar-refractivity contribution < 1.29 is 19.3 Å². The van der Waals surface area contributed by atoms with Crippen LogP contribution in [0.4, 0.5) is 11.4 Å². The van der Waals surface area contributed by atoms with Gasteiger partial charge < -0.3 is 16.0 Å². The Kier molecular flexibility index (Phi) is 8.09. The zero-order valence-electron chi connectivity index (χ0n) is 18.3. The third-order valence-electron chi connectivity index (χ3n) is 5.42. The van der Waals surface area contributed by atoms with E-state index in [1.165, 1.54) is 24.3 Å². The molecule has 3 N–H and O–H groups in total. The lowest BCUT2D eigenvalue weighted by atomic mass is 10.0. The van der Waals surface area contributed by atoms with Gasteiger partial charge in [-0.05, 0) is 38.0 Å². The summed E-state index contributed by atoms with van der Waals surface area (Å²) in [7, 11) is 0. The van der Waals surface area contributed by atoms with E-state index >= 15 is 0 Å². The molecule has 3 rings (SSSR count). The highest BCUT2D eigenvalue weighted by Gasteiger charge is 2.25. The SMILES string of the molecule is CC(NC(=O)c1cccc([N+](=O)[O-])c1)C(=O)NC1CCN(CC(=O)Nc2ccccc2)CC1. The molecule has 2 aromatic carbocycles. The maximum absolute atomic E-state index is 12.5. The maximum Gasteiger partial charge on any atom is 0.270 e. The van der Waals surface area contributed by atoms with Crippen LogP contribution in [0.3, 0.4) is 0 Å². The summed E-state index contributed by atoms with van der Waals surface area (Å²) >= 11 is 0. The molecule has 1 saturated heterocycles. The van der Waals surface area contributed by atoms with E-state index in [-0.39, 0.29) is 35.7 Å². The standard InChI is InChI=1S/C23H27N5O5/c1-16(24-23(31)17-6-5-9-20(14-17)28(32)33)22(30)26-19-10-12-27(13-11-19)15-21(29)25-18-7-3-2-4-8-18/h2-9,14,16,19H,10-13,15H2,1H3,(H,24,31)(H,25,29)(H,26,30). The van der Waals surface area contributed by atoms with Gasteiger partial charge >= 0.3 is 0 Å². The Morgan fingerprint density at radius 1 is 1.09 bits per heavy atom. The van der Waals surface area contributed by atoms with E-state index in [0.29, 0.717) is 25.9 Å². The van der Waals surface area contributed by atoms with E-state index in [9.17, 15) is 24.5 Å². The van der Waals surface area contributed by atoms with E-state index in [0.717, 1.165) is 5.69 Å². The van der Waals surface area contributed by atoms with Crippen LogP contribution in [0.2, 0.25) is 0 Å². The summed E-state index contributed by atoms with van der Waals surface area (Å²) in [5.41, 5.74) is 0.681. The monoisotopic (exact) mass is 453 g/mol. The minimum atomic E-state index is -0.800. The van der Waals surface area contributed by atoms with Gasteiger partial charge in [-0.3, -0.25) is 29.4 Å². The number of piperidine rings is 1. The average molecular weight is 453 g/mol. The summed E-state index contributed by atoms with van der Waals surface area (Å²) in [5, 5.41) is 19.2. The van der Waals surface area contributed by atoms with Crippen molar-refractivity contribution in [2.75, 3.05) is 25.0 Å². The topological polar surface area (TPSA) is 134 Å². The molecule has 1 atom stereocenters. The number of nitrogens with one attached hydrogen (secondary N) is 3. The molecular formula is C23H27N5O5. The summed E-state index contributed by atoms with van der Waals surface area (Å²) in [6, 6.07) is 13.8. The summed E-state index contributed by atoms with van der Waals surface area (Å²) in [5.74, 6) is -0.962. The van der Waals surface area contributed by atoms with Crippen molar-refractivity contribution in [3.63, 3.8) is 0 Å². The van der Waals surface area contributed by atoms with Gasteiger partial charge in [-0.2, -0.15) is 0 Å². The van der Waals surface area contributed by atoms with Crippen LogP contribution in [0.1, 0.15) is 30.1 Å². The molecule has 1 heterocycles. The molecule has 1 aliphatic rings. The number of carbonyl (C=O) groups excluding carboxylic acids is 3. The zero-order chi connectivity index (χ0) is 23.8. The maximum atomic E-state index is 12.5. The minimum absolute atomic E-state index is 0.0527. The lowest BCUT2D eigenvalue weighted by Crippen LogP contribution is -2.51. The van der Waals surface area contributed by atoms with Crippen LogP contribution in [0.25, 0.3) is 0 Å². The highest BCUT2D eigenvalue weighted by Crippen LogP contribution is 2.14. The number of para-hydroxylation sites is 1. The molecule has 174 valence electrons. The third kappa shape index (κ3) is 7.11. The van der Waals surface area contributed by atoms with Crippen LogP contribution in [0.15, 0.2) is 54.6 Å². The molecule has 1 aliphatic heterocycles. The Bertz CT molecular complexity index is 1010. The molecule has 10 heteroatoms. The van der Waals surface area contributed by atoms with Crippen LogP contribution in [-0.2, 0) is 9.59 Å². The lowest BCUT2D eigenvalue weighted by molar-refractivity contribution is -0.384. The van der Waals surface area contributed by atoms with Crippen molar-refractivity contribution in [3.8, 4) is 0 Å². The second-order valence-corrected chi connectivity index (χ2v) is 7.98. The molecule has 33 heavy (non-hydrogen) atoms. The Morgan fingerprint density at radius 3 is 2.45 bits per heavy atom. The van der Waals surface area contributed by atoms with Crippen molar-refractivity contribution in [3.05, 3.63) is 70.3 Å². The number of nitro benzene ring substituents is 1. The van der Waals surface area contributed by atoms with Crippen LogP contribution < -0.4 is 16.0 Å². The van der Waals surface area contributed by atoms with Crippen LogP contribution in [-0.4, -0.2) is 59.3 Å². The summed E-state index contributed by atoms with van der Waals surface area (Å²) in [6.07, 6.45) is 1.38. The first-order valence-electron chi connectivity index (χ1n) is 10.7. The van der Waals surface area contributed by atoms with Gasteiger partial charge in [-0.25, -0.2) is 0 Å². The number of rotatable bonds is 8. The summed E-state index contributed by atoms with van der Waals surface area (Å²) in [6.45, 7) is 3.18. The van der Waals surface area contributed by atoms with Crippen LogP contribution >= 0.6 is 0 Å². The van der Waals surface area contributed by atoms with Crippen molar-refractivity contribution in [2.45, 2.75) is 31.8 Å². The van der Waals surface area contributed by atoms with Crippen molar-refractivity contribution in [1.29, 1.82) is 0 Å². The number of non-ortho nitro benzene ring substituents is 1. The van der Waals surface area contributed by atoms with Gasteiger partial charge in [0.05, 0.1) is 11.5 Å². The van der Waals surface area contributed by atoms with Crippen molar-refractivity contribution in [2.24, 2.45) is 0 Å². The Morgan fingerprint density at radius 2 is 1.79 bits per heavy atom. The predicted molar refractivity (Wildman–Crippen MR) is 123 cm³/mol. The van der Waals surface area contributed by atoms with Crippen molar-refractivity contribution in [1.82, 2.24) is 15.5 Å². The highest BCUT2D eigenvalue weighted by molar-refractivity contribution is 5.98. The number of likely N-dealkylation sites (tertiary alicyclic amines) is 1. The van der Waals surface area contributed by atoms with Gasteiger partial charge in [0.1, 0.15) is 6.04 Å². The number of anilines is 1. The molecule has 1 fully saturated rings. The number of nitrogens with zero attached hydrogens (tertiary/aromatic N) is 2. The second kappa shape index (κ2) is 11.2. The van der Waals surface area contributed by atoms with Gasteiger partial charge in [-0.15, -0.1) is 0 Å². The molecule has 0 radical (unpaired) electrons. The molecular weight excluding hydrogens is 426 g/mol. The number of nitro groups is 1. The number of hydrogen-bond donors (Lipinski definition) is 3. The van der Waals surface area contributed by atoms with E-state index < -0.39 is 16.9 Å². The number of benzene rings is 2. The number of carbonyl (C=O) groups is 3. The number of hydrogen-bond acceptors (Lipinski definition) is 6. The molecule has 0 aliphatic carbocycles. The zero-order valence-corrected chi connectivity index (χ0v) is 18.3. The van der Waals surface area contributed by atoms with E-state index in [1.54, 1.807) is 6.92 Å². The van der Waals surface area contributed by atoms with Gasteiger partial charge in [0, 0.05) is 42.5 Å². The Balaban J connectivity index is 1.41. The van der Waals surface area contributed by atoms with Gasteiger partial charge in [0.2, 0.25) is 11.8 Å². The fourth-order valence-corrected chi connectivity index (χ4v) is 3.59. The van der Waals surface area contributed by atoms with Gasteiger partial charge in [0.25, 0.3) is 11.6 Å². The van der Waals surface area contributed by atoms with E-state index in [4.69, 9.17) is 0 Å². The largest absolute Gasteiger partial charge is 0.351 e. The van der Waals surface area contributed by atoms with Gasteiger partial charge in [-0.1, -0.05) is 24.3 Å². The van der Waals surface area contributed by atoms with E-state index in [1.807, 2.05) is 35.2 Å². The molecule has 3 amide bonds. The van der Waals surface area contributed by atoms with Crippen LogP contribution in [0.5, 0.6) is 0 Å². The smallest absolute Gasteiger partial charge is 0.270 e. The average Bonchev–Trinajstić information content (AvgIpc) is 2.81. The molecule has 10 nitrogen and oxygen atoms in total. The fraction of sp³-hybridized carbons (Fsp3) is 0.348. The molecule has 1 unspecified atom stereocenters. The molecule has 0 spiro atoms. The fourth-order valence-electron chi connectivity index (χ4n) is 3.59. The Hall–Kier alpha value is -3.79. The highest BCUT2D eigenvalue weighted by atomic mass is 16.6.